The predicted molar refractivity (Wildman–Crippen MR) is 66.0 cm³/mol. The molecular weight excluding hydrogens is 216 g/mol. The summed E-state index contributed by atoms with van der Waals surface area (Å²) < 4.78 is 1.21. The van der Waals surface area contributed by atoms with E-state index in [9.17, 15) is 0 Å². The summed E-state index contributed by atoms with van der Waals surface area (Å²) in [6.07, 6.45) is 0. The second-order valence-corrected chi connectivity index (χ2v) is 5.00. The standard InChI is InChI=1S/C13H10N2S/c1-8-2-4-10-12(6-8)16-13-7-9(14)3-5-11(13)15-10/h2-7,14H,1H3/p+1. The quantitative estimate of drug-likeness (QED) is 0.579. The molecule has 1 heterocycles. The van der Waals surface area contributed by atoms with E-state index in [0.29, 0.717) is 0 Å². The zero-order chi connectivity index (χ0) is 11.1. The summed E-state index contributed by atoms with van der Waals surface area (Å²) in [5.41, 5.74) is 3.32. The predicted octanol–water partition coefficient (Wildman–Crippen LogP) is 1.37. The molecule has 2 N–H and O–H groups in total. The molecule has 1 aliphatic carbocycles. The molecule has 0 saturated carbocycles. The van der Waals surface area contributed by atoms with Gasteiger partial charge in [-0.05, 0) is 30.7 Å². The number of fused-ring (bicyclic) bond motifs is 2. The van der Waals surface area contributed by atoms with Crippen LogP contribution in [0.15, 0.2) is 36.4 Å². The lowest BCUT2D eigenvalue weighted by atomic mass is 10.2. The van der Waals surface area contributed by atoms with Gasteiger partial charge in [-0.25, -0.2) is 4.98 Å². The number of nitrogens with two attached hydrogens (primary N) is 1. The molecule has 3 heteroatoms. The fourth-order valence-corrected chi connectivity index (χ4v) is 2.86. The molecule has 0 aromatic heterocycles. The molecule has 0 radical (unpaired) electrons. The van der Waals surface area contributed by atoms with Gasteiger partial charge >= 0.3 is 0 Å². The van der Waals surface area contributed by atoms with E-state index in [4.69, 9.17) is 5.41 Å². The van der Waals surface area contributed by atoms with E-state index in [2.05, 4.69) is 30.1 Å². The average Bonchev–Trinajstić information content (AvgIpc) is 2.26. The number of nitrogens with zero attached hydrogens (tertiary/aromatic N) is 1. The molecular formula is C13H11N2S+. The molecule has 0 saturated heterocycles. The molecule has 0 atom stereocenters. The second kappa shape index (κ2) is 3.39. The Bertz CT molecular complexity index is 700. The van der Waals surface area contributed by atoms with Gasteiger partial charge in [0.05, 0.1) is 20.8 Å². The van der Waals surface area contributed by atoms with Crippen molar-refractivity contribution in [1.29, 1.82) is 0 Å². The van der Waals surface area contributed by atoms with Crippen molar-refractivity contribution in [3.05, 3.63) is 47.3 Å². The van der Waals surface area contributed by atoms with Gasteiger partial charge in [0, 0.05) is 12.1 Å². The van der Waals surface area contributed by atoms with Gasteiger partial charge in [-0.15, -0.1) is 11.3 Å². The summed E-state index contributed by atoms with van der Waals surface area (Å²) in [6.45, 7) is 2.09. The topological polar surface area (TPSA) is 38.5 Å². The third-order valence-electron chi connectivity index (χ3n) is 2.56. The minimum Gasteiger partial charge on any atom is -0.254 e. The second-order valence-electron chi connectivity index (χ2n) is 3.91. The van der Waals surface area contributed by atoms with Gasteiger partial charge in [0.1, 0.15) is 0 Å². The van der Waals surface area contributed by atoms with Crippen LogP contribution in [0.3, 0.4) is 0 Å². The molecule has 0 fully saturated rings. The molecule has 2 nitrogen and oxygen atoms in total. The number of hydrogen-bond acceptors (Lipinski definition) is 2. The van der Waals surface area contributed by atoms with Crippen molar-refractivity contribution in [2.24, 2.45) is 0 Å². The number of benzene rings is 2. The number of aryl methyl sites for hydroxylation is 1. The van der Waals surface area contributed by atoms with Gasteiger partial charge in [0.2, 0.25) is 0 Å². The van der Waals surface area contributed by atoms with E-state index in [1.807, 2.05) is 18.2 Å². The highest BCUT2D eigenvalue weighted by Crippen LogP contribution is 2.29. The van der Waals surface area contributed by atoms with Crippen molar-refractivity contribution in [3.8, 4) is 10.6 Å². The highest BCUT2D eigenvalue weighted by atomic mass is 32.1. The lowest BCUT2D eigenvalue weighted by Gasteiger charge is -2.05. The van der Waals surface area contributed by atoms with Crippen LogP contribution < -0.4 is 10.8 Å². The molecule has 78 valence electrons. The van der Waals surface area contributed by atoms with Crippen LogP contribution in [0.25, 0.3) is 20.8 Å². The van der Waals surface area contributed by atoms with Crippen LogP contribution in [0, 0.1) is 6.92 Å². The summed E-state index contributed by atoms with van der Waals surface area (Å²) in [6, 6.07) is 12.2. The summed E-state index contributed by atoms with van der Waals surface area (Å²) in [7, 11) is 0. The van der Waals surface area contributed by atoms with Gasteiger partial charge in [0.15, 0.2) is 5.36 Å². The van der Waals surface area contributed by atoms with E-state index in [1.165, 1.54) is 10.3 Å². The van der Waals surface area contributed by atoms with Crippen LogP contribution >= 0.6 is 11.3 Å². The van der Waals surface area contributed by atoms with Gasteiger partial charge in [-0.3, -0.25) is 5.41 Å². The summed E-state index contributed by atoms with van der Waals surface area (Å²) in [5, 5.41) is 6.57. The van der Waals surface area contributed by atoms with E-state index >= 15 is 0 Å². The van der Waals surface area contributed by atoms with Crippen molar-refractivity contribution in [3.63, 3.8) is 0 Å². The smallest absolute Gasteiger partial charge is 0.198 e. The zero-order valence-corrected chi connectivity index (χ0v) is 9.71. The Morgan fingerprint density at radius 2 is 2.00 bits per heavy atom. The summed E-state index contributed by atoms with van der Waals surface area (Å²) in [5.74, 6) is 0. The molecule has 0 bridgehead atoms. The van der Waals surface area contributed by atoms with Gasteiger partial charge in [0.25, 0.3) is 0 Å². The first-order chi connectivity index (χ1) is 7.72. The Kier molecular flexibility index (Phi) is 2.01. The van der Waals surface area contributed by atoms with Crippen LogP contribution in [0.5, 0.6) is 0 Å². The van der Waals surface area contributed by atoms with Crippen molar-refractivity contribution in [2.45, 2.75) is 6.92 Å². The molecule has 0 spiro atoms. The van der Waals surface area contributed by atoms with E-state index in [-0.39, 0.29) is 0 Å². The monoisotopic (exact) mass is 227 g/mol. The third kappa shape index (κ3) is 1.49. The number of aromatic nitrogens is 1. The SMILES string of the molecule is Cc1ccc2nc3ccc(=[NH2+])cc-3sc2c1. The summed E-state index contributed by atoms with van der Waals surface area (Å²) in [4.78, 5) is 5.75. The average molecular weight is 227 g/mol. The Hall–Kier alpha value is -1.74. The number of hydrogen-bond donors (Lipinski definition) is 1. The Morgan fingerprint density at radius 3 is 2.88 bits per heavy atom. The van der Waals surface area contributed by atoms with Crippen molar-refractivity contribution < 1.29 is 5.41 Å². The first-order valence-corrected chi connectivity index (χ1v) is 5.94. The van der Waals surface area contributed by atoms with Crippen LogP contribution in [0.1, 0.15) is 5.56 Å². The third-order valence-corrected chi connectivity index (χ3v) is 3.65. The van der Waals surface area contributed by atoms with Crippen LogP contribution in [0.2, 0.25) is 0 Å². The fourth-order valence-electron chi connectivity index (χ4n) is 1.75. The zero-order valence-electron chi connectivity index (χ0n) is 8.90. The van der Waals surface area contributed by atoms with Crippen LogP contribution in [-0.2, 0) is 0 Å². The van der Waals surface area contributed by atoms with E-state index < -0.39 is 0 Å². The number of rotatable bonds is 0. The van der Waals surface area contributed by atoms with Gasteiger partial charge < -0.3 is 0 Å². The first-order valence-electron chi connectivity index (χ1n) is 5.12. The molecule has 2 aliphatic rings. The van der Waals surface area contributed by atoms with Crippen LogP contribution in [-0.4, -0.2) is 4.98 Å². The molecule has 1 aromatic carbocycles. The lowest BCUT2D eigenvalue weighted by molar-refractivity contribution is -0.172. The first kappa shape index (κ1) is 9.48. The fraction of sp³-hybridized carbons (Fsp3) is 0.0769. The summed E-state index contributed by atoms with van der Waals surface area (Å²) >= 11 is 1.74. The molecule has 3 rings (SSSR count). The maximum Gasteiger partial charge on any atom is 0.198 e. The highest BCUT2D eigenvalue weighted by Gasteiger charge is 2.07. The molecule has 1 aliphatic heterocycles. The van der Waals surface area contributed by atoms with Gasteiger partial charge in [-0.1, -0.05) is 6.07 Å². The molecule has 0 unspecified atom stereocenters. The Morgan fingerprint density at radius 1 is 1.12 bits per heavy atom. The van der Waals surface area contributed by atoms with Crippen LogP contribution in [0.4, 0.5) is 0 Å². The minimum atomic E-state index is 0.789. The minimum absolute atomic E-state index is 0.789. The van der Waals surface area contributed by atoms with Gasteiger partial charge in [-0.2, -0.15) is 0 Å². The largest absolute Gasteiger partial charge is 0.254 e. The van der Waals surface area contributed by atoms with Crippen molar-refractivity contribution >= 4 is 21.6 Å². The van der Waals surface area contributed by atoms with E-state index in [1.54, 1.807) is 11.3 Å². The van der Waals surface area contributed by atoms with Crippen molar-refractivity contribution in [2.75, 3.05) is 0 Å². The molecule has 16 heavy (non-hydrogen) atoms. The molecule has 0 amide bonds. The van der Waals surface area contributed by atoms with E-state index in [0.717, 1.165) is 21.4 Å². The lowest BCUT2D eigenvalue weighted by Crippen LogP contribution is -2.44. The maximum absolute atomic E-state index is 5.78. The maximum atomic E-state index is 5.78. The highest BCUT2D eigenvalue weighted by molar-refractivity contribution is 7.21. The normalized spacial score (nSPS) is 11.1. The Labute approximate surface area is 97.1 Å². The molecule has 1 aromatic rings. The Balaban J connectivity index is 2.46. The van der Waals surface area contributed by atoms with Crippen molar-refractivity contribution in [1.82, 2.24) is 4.98 Å².